The molecule has 1 aliphatic carbocycles. The topological polar surface area (TPSA) is 87.7 Å². The van der Waals surface area contributed by atoms with Crippen molar-refractivity contribution in [2.45, 2.75) is 85.1 Å². The van der Waals surface area contributed by atoms with Crippen LogP contribution in [0.4, 0.5) is 10.5 Å². The molecule has 7 nitrogen and oxygen atoms in total. The van der Waals surface area contributed by atoms with Gasteiger partial charge in [0.25, 0.3) is 0 Å². The molecule has 0 bridgehead atoms. The van der Waals surface area contributed by atoms with Crippen LogP contribution in [0.15, 0.2) is 84.9 Å². The summed E-state index contributed by atoms with van der Waals surface area (Å²) in [7, 11) is 0. The first-order valence-corrected chi connectivity index (χ1v) is 18.8. The van der Waals surface area contributed by atoms with Crippen LogP contribution in [0.5, 0.6) is 0 Å². The van der Waals surface area contributed by atoms with Gasteiger partial charge >= 0.3 is 6.09 Å². The molecule has 0 spiro atoms. The van der Waals surface area contributed by atoms with E-state index in [1.165, 1.54) is 22.3 Å². The first-order chi connectivity index (χ1) is 25.4. The average molecular weight is 702 g/mol. The van der Waals surface area contributed by atoms with E-state index in [2.05, 4.69) is 65.8 Å². The largest absolute Gasteiger partial charge is 0.449 e. The molecule has 0 radical (unpaired) electrons. The summed E-state index contributed by atoms with van der Waals surface area (Å²) in [6, 6.07) is 28.7. The number of nitrogens with one attached hydrogen (secondary N) is 2. The molecule has 7 heteroatoms. The van der Waals surface area contributed by atoms with E-state index < -0.39 is 6.09 Å². The van der Waals surface area contributed by atoms with Crippen molar-refractivity contribution in [3.05, 3.63) is 124 Å². The minimum Gasteiger partial charge on any atom is -0.449 e. The lowest BCUT2D eigenvalue weighted by atomic mass is 9.95. The zero-order chi connectivity index (χ0) is 36.9. The van der Waals surface area contributed by atoms with E-state index in [4.69, 9.17) is 4.74 Å². The Morgan fingerprint density at radius 1 is 0.808 bits per heavy atom. The van der Waals surface area contributed by atoms with Gasteiger partial charge in [-0.25, -0.2) is 4.79 Å². The number of nitrogens with zero attached hydrogens (tertiary/aromatic N) is 1. The van der Waals surface area contributed by atoms with E-state index in [0.29, 0.717) is 45.3 Å². The third kappa shape index (κ3) is 9.50. The summed E-state index contributed by atoms with van der Waals surface area (Å²) in [5.41, 5.74) is 10.6. The number of hydrogen-bond donors (Lipinski definition) is 2. The molecule has 0 saturated carbocycles. The molecular weight excluding hydrogens is 647 g/mol. The van der Waals surface area contributed by atoms with Crippen LogP contribution in [0.2, 0.25) is 0 Å². The number of fused-ring (bicyclic) bond motifs is 5. The van der Waals surface area contributed by atoms with E-state index in [1.54, 1.807) is 0 Å². The second kappa shape index (κ2) is 18.8. The van der Waals surface area contributed by atoms with Gasteiger partial charge in [-0.3, -0.25) is 9.59 Å². The predicted molar refractivity (Wildman–Crippen MR) is 214 cm³/mol. The van der Waals surface area contributed by atoms with Gasteiger partial charge < -0.3 is 20.3 Å². The van der Waals surface area contributed by atoms with Crippen molar-refractivity contribution in [1.82, 2.24) is 10.6 Å². The summed E-state index contributed by atoms with van der Waals surface area (Å²) in [5.74, 6) is 6.57. The van der Waals surface area contributed by atoms with E-state index >= 15 is 0 Å². The Labute approximate surface area is 312 Å². The first-order valence-electron chi connectivity index (χ1n) is 18.8. The normalized spacial score (nSPS) is 13.3. The molecule has 1 heterocycles. The SMILES string of the molecule is CC.CCCNC(=O)CCCc1ccc2c(c1)C(COC(=O)NCCCCC(=O)N1Cc3ccccc3C#Cc3ccccc31)c1cc(C)ccc1-2.[HH].[HH]. The van der Waals surface area contributed by atoms with E-state index in [0.717, 1.165) is 52.8 Å². The van der Waals surface area contributed by atoms with Crippen molar-refractivity contribution in [1.29, 1.82) is 0 Å². The zero-order valence-corrected chi connectivity index (χ0v) is 31.0. The fourth-order valence-electron chi connectivity index (χ4n) is 6.81. The molecule has 274 valence electrons. The standard InChI is InChI=1S/C43H45N3O4.C2H6.2H2/c1-3-24-44-41(47)16-10-11-31-19-23-36-35-22-18-30(2)26-37(35)39(38(36)27-31)29-50-43(49)45-25-9-8-17-42(48)46-28-34-14-5-4-12-32(34)20-21-33-13-6-7-15-40(33)46;1-2;;/h4-7,12-15,18-19,22-23,26-27,39H,3,8-11,16-17,24-25,28-29H2,1-2H3,(H,44,47)(H,45,49);1-2H3;2*1H. The molecule has 2 N–H and O–H groups in total. The minimum atomic E-state index is -0.457. The molecule has 0 fully saturated rings. The molecule has 52 heavy (non-hydrogen) atoms. The highest BCUT2D eigenvalue weighted by molar-refractivity contribution is 5.95. The third-order valence-electron chi connectivity index (χ3n) is 9.45. The van der Waals surface area contributed by atoms with Crippen molar-refractivity contribution in [2.75, 3.05) is 24.6 Å². The second-order valence-corrected chi connectivity index (χ2v) is 13.2. The quantitative estimate of drug-likeness (QED) is 0.107. The maximum Gasteiger partial charge on any atom is 0.407 e. The number of amides is 3. The van der Waals surface area contributed by atoms with Crippen LogP contribution in [0.3, 0.4) is 0 Å². The van der Waals surface area contributed by atoms with Crippen molar-refractivity contribution in [3.8, 4) is 23.0 Å². The monoisotopic (exact) mass is 701 g/mol. The Balaban J connectivity index is 0.00000193. The van der Waals surface area contributed by atoms with Crippen LogP contribution in [-0.2, 0) is 27.3 Å². The van der Waals surface area contributed by atoms with Crippen molar-refractivity contribution < 1.29 is 22.0 Å². The Bertz CT molecular complexity index is 1950. The fourth-order valence-corrected chi connectivity index (χ4v) is 6.81. The van der Waals surface area contributed by atoms with Gasteiger partial charge in [0.15, 0.2) is 0 Å². The molecule has 1 unspecified atom stereocenters. The van der Waals surface area contributed by atoms with Crippen LogP contribution < -0.4 is 15.5 Å². The van der Waals surface area contributed by atoms with Gasteiger partial charge in [0.1, 0.15) is 6.61 Å². The number of unbranched alkanes of at least 4 members (excludes halogenated alkanes) is 1. The molecule has 0 saturated heterocycles. The van der Waals surface area contributed by atoms with Gasteiger partial charge in [-0.05, 0) is 90.6 Å². The molecule has 3 amide bonds. The maximum atomic E-state index is 13.5. The molecule has 1 aliphatic heterocycles. The van der Waals surface area contributed by atoms with Crippen molar-refractivity contribution >= 4 is 23.6 Å². The Morgan fingerprint density at radius 2 is 1.52 bits per heavy atom. The summed E-state index contributed by atoms with van der Waals surface area (Å²) in [5, 5.41) is 5.84. The van der Waals surface area contributed by atoms with Crippen LogP contribution in [0.25, 0.3) is 11.1 Å². The van der Waals surface area contributed by atoms with Gasteiger partial charge in [-0.1, -0.05) is 105 Å². The Morgan fingerprint density at radius 3 is 2.33 bits per heavy atom. The molecular formula is C45H55N3O4. The van der Waals surface area contributed by atoms with Gasteiger partial charge in [0, 0.05) is 45.8 Å². The zero-order valence-electron chi connectivity index (χ0n) is 31.0. The third-order valence-corrected chi connectivity index (χ3v) is 9.45. The number of anilines is 1. The lowest BCUT2D eigenvalue weighted by molar-refractivity contribution is -0.121. The number of ether oxygens (including phenoxy) is 1. The minimum absolute atomic E-state index is 0. The molecule has 6 rings (SSSR count). The van der Waals surface area contributed by atoms with Crippen LogP contribution >= 0.6 is 0 Å². The number of para-hydroxylation sites is 1. The number of carbonyl (C=O) groups is 3. The summed E-state index contributed by atoms with van der Waals surface area (Å²) in [6.45, 7) is 9.96. The highest BCUT2D eigenvalue weighted by atomic mass is 16.5. The summed E-state index contributed by atoms with van der Waals surface area (Å²) >= 11 is 0. The van der Waals surface area contributed by atoms with Crippen LogP contribution in [0.1, 0.15) is 107 Å². The van der Waals surface area contributed by atoms with Crippen LogP contribution in [0, 0.1) is 18.8 Å². The molecule has 1 atom stereocenters. The molecule has 0 aromatic heterocycles. The maximum absolute atomic E-state index is 13.5. The Hall–Kier alpha value is -5.35. The first kappa shape index (κ1) is 37.9. The number of alkyl carbamates (subject to hydrolysis) is 1. The lowest BCUT2D eigenvalue weighted by Crippen LogP contribution is -2.32. The van der Waals surface area contributed by atoms with Gasteiger partial charge in [-0.2, -0.15) is 0 Å². The average Bonchev–Trinajstić information content (AvgIpc) is 3.46. The molecule has 4 aromatic carbocycles. The second-order valence-electron chi connectivity index (χ2n) is 13.2. The van der Waals surface area contributed by atoms with E-state index in [9.17, 15) is 14.4 Å². The smallest absolute Gasteiger partial charge is 0.407 e. The number of benzene rings is 4. The summed E-state index contributed by atoms with van der Waals surface area (Å²) in [6.07, 6.45) is 4.22. The number of aryl methyl sites for hydroxylation is 2. The molecule has 4 aromatic rings. The van der Waals surface area contributed by atoms with Gasteiger partial charge in [0.05, 0.1) is 12.2 Å². The highest BCUT2D eigenvalue weighted by Crippen LogP contribution is 2.45. The van der Waals surface area contributed by atoms with Crippen LogP contribution in [-0.4, -0.2) is 37.6 Å². The van der Waals surface area contributed by atoms with Gasteiger partial charge in [-0.15, -0.1) is 0 Å². The predicted octanol–water partition coefficient (Wildman–Crippen LogP) is 9.32. The lowest BCUT2D eigenvalue weighted by Gasteiger charge is -2.26. The fraction of sp³-hybridized carbons (Fsp3) is 0.356. The number of hydrogen-bond acceptors (Lipinski definition) is 4. The number of carbonyl (C=O) groups excluding carboxylic acids is 3. The summed E-state index contributed by atoms with van der Waals surface area (Å²) in [4.78, 5) is 40.3. The van der Waals surface area contributed by atoms with Crippen molar-refractivity contribution in [3.63, 3.8) is 0 Å². The van der Waals surface area contributed by atoms with E-state index in [-0.39, 0.29) is 27.2 Å². The molecule has 2 aliphatic rings. The summed E-state index contributed by atoms with van der Waals surface area (Å²) < 4.78 is 5.80. The number of rotatable bonds is 13. The Kier molecular flexibility index (Phi) is 13.7. The highest BCUT2D eigenvalue weighted by Gasteiger charge is 2.30. The van der Waals surface area contributed by atoms with E-state index in [1.807, 2.05) is 74.2 Å². The van der Waals surface area contributed by atoms with Crippen molar-refractivity contribution in [2.24, 2.45) is 0 Å². The van der Waals surface area contributed by atoms with Gasteiger partial charge in [0.2, 0.25) is 11.8 Å².